The highest BCUT2D eigenvalue weighted by molar-refractivity contribution is 5.54. The normalized spacial score (nSPS) is 12.1. The van der Waals surface area contributed by atoms with E-state index in [2.05, 4.69) is 24.3 Å². The van der Waals surface area contributed by atoms with Gasteiger partial charge in [0, 0.05) is 18.9 Å². The van der Waals surface area contributed by atoms with Gasteiger partial charge in [-0.15, -0.1) is 0 Å². The third-order valence-electron chi connectivity index (χ3n) is 3.15. The van der Waals surface area contributed by atoms with E-state index in [0.29, 0.717) is 13.0 Å². The van der Waals surface area contributed by atoms with E-state index in [9.17, 15) is 4.79 Å². The second kappa shape index (κ2) is 6.12. The molecule has 2 nitrogen and oxygen atoms in total. The molecule has 18 heavy (non-hydrogen) atoms. The summed E-state index contributed by atoms with van der Waals surface area (Å²) in [5.74, 6) is 0.135. The Hall–Kier alpha value is -1.93. The summed E-state index contributed by atoms with van der Waals surface area (Å²) in [5, 5.41) is 0. The van der Waals surface area contributed by atoms with Gasteiger partial charge in [-0.1, -0.05) is 54.6 Å². The molecule has 2 N–H and O–H groups in total. The summed E-state index contributed by atoms with van der Waals surface area (Å²) < 4.78 is 0. The summed E-state index contributed by atoms with van der Waals surface area (Å²) in [5.41, 5.74) is 9.03. The number of carbonyl (C=O) groups is 1. The van der Waals surface area contributed by atoms with Crippen molar-refractivity contribution in [3.05, 3.63) is 71.3 Å². The standard InChI is InChI=1S/C16H17NO/c17-12-13-6-8-15(9-7-13)16(10-11-18)14-4-2-1-3-5-14/h1-9,11,16H,10,12,17H2. The van der Waals surface area contributed by atoms with Gasteiger partial charge < -0.3 is 10.5 Å². The van der Waals surface area contributed by atoms with E-state index in [1.165, 1.54) is 5.56 Å². The minimum absolute atomic E-state index is 0.135. The molecule has 0 aliphatic carbocycles. The maximum atomic E-state index is 10.9. The molecule has 0 spiro atoms. The Morgan fingerprint density at radius 3 is 2.11 bits per heavy atom. The molecular formula is C16H17NO. The number of carbonyl (C=O) groups excluding carboxylic acids is 1. The van der Waals surface area contributed by atoms with Crippen molar-refractivity contribution in [1.82, 2.24) is 0 Å². The molecule has 0 fully saturated rings. The molecule has 0 radical (unpaired) electrons. The van der Waals surface area contributed by atoms with E-state index in [1.54, 1.807) is 0 Å². The molecule has 0 aliphatic rings. The molecule has 0 aromatic heterocycles. The molecule has 2 aromatic rings. The summed E-state index contributed by atoms with van der Waals surface area (Å²) >= 11 is 0. The van der Waals surface area contributed by atoms with E-state index in [0.717, 1.165) is 17.4 Å². The van der Waals surface area contributed by atoms with E-state index >= 15 is 0 Å². The summed E-state index contributed by atoms with van der Waals surface area (Å²) in [7, 11) is 0. The van der Waals surface area contributed by atoms with Crippen LogP contribution in [0.3, 0.4) is 0 Å². The van der Waals surface area contributed by atoms with Crippen molar-refractivity contribution >= 4 is 6.29 Å². The van der Waals surface area contributed by atoms with Crippen LogP contribution in [0.2, 0.25) is 0 Å². The van der Waals surface area contributed by atoms with Crippen LogP contribution in [0.5, 0.6) is 0 Å². The fourth-order valence-electron chi connectivity index (χ4n) is 2.13. The van der Waals surface area contributed by atoms with Crippen LogP contribution in [0, 0.1) is 0 Å². The van der Waals surface area contributed by atoms with Crippen LogP contribution in [-0.2, 0) is 11.3 Å². The summed E-state index contributed by atoms with van der Waals surface area (Å²) in [4.78, 5) is 10.9. The zero-order valence-electron chi connectivity index (χ0n) is 10.3. The molecular weight excluding hydrogens is 222 g/mol. The molecule has 92 valence electrons. The van der Waals surface area contributed by atoms with Gasteiger partial charge in [0.15, 0.2) is 0 Å². The van der Waals surface area contributed by atoms with E-state index in [-0.39, 0.29) is 5.92 Å². The highest BCUT2D eigenvalue weighted by Crippen LogP contribution is 2.27. The molecule has 2 rings (SSSR count). The largest absolute Gasteiger partial charge is 0.326 e. The van der Waals surface area contributed by atoms with Crippen molar-refractivity contribution in [2.75, 3.05) is 0 Å². The van der Waals surface area contributed by atoms with Gasteiger partial charge in [0.2, 0.25) is 0 Å². The molecule has 0 saturated heterocycles. The quantitative estimate of drug-likeness (QED) is 0.815. The minimum Gasteiger partial charge on any atom is -0.326 e. The Morgan fingerprint density at radius 2 is 1.56 bits per heavy atom. The zero-order valence-corrected chi connectivity index (χ0v) is 10.3. The molecule has 0 heterocycles. The van der Waals surface area contributed by atoms with Crippen LogP contribution in [0.15, 0.2) is 54.6 Å². The first-order chi connectivity index (χ1) is 8.85. The van der Waals surface area contributed by atoms with Gasteiger partial charge in [-0.05, 0) is 16.7 Å². The molecule has 0 amide bonds. The third kappa shape index (κ3) is 2.84. The maximum absolute atomic E-state index is 10.9. The number of rotatable bonds is 5. The fourth-order valence-corrected chi connectivity index (χ4v) is 2.13. The monoisotopic (exact) mass is 239 g/mol. The SMILES string of the molecule is NCc1ccc(C(CC=O)c2ccccc2)cc1. The third-order valence-corrected chi connectivity index (χ3v) is 3.15. The molecule has 0 bridgehead atoms. The predicted octanol–water partition coefficient (Wildman–Crippen LogP) is 2.87. The van der Waals surface area contributed by atoms with Crippen LogP contribution in [0.4, 0.5) is 0 Å². The molecule has 2 heteroatoms. The van der Waals surface area contributed by atoms with E-state index in [4.69, 9.17) is 5.73 Å². The number of nitrogens with two attached hydrogens (primary N) is 1. The van der Waals surface area contributed by atoms with Gasteiger partial charge in [0.1, 0.15) is 6.29 Å². The lowest BCUT2D eigenvalue weighted by Crippen LogP contribution is -2.03. The van der Waals surface area contributed by atoms with Gasteiger partial charge in [0.25, 0.3) is 0 Å². The van der Waals surface area contributed by atoms with E-state index in [1.807, 2.05) is 30.3 Å². The number of benzene rings is 2. The smallest absolute Gasteiger partial charge is 0.120 e. The van der Waals surface area contributed by atoms with Gasteiger partial charge in [-0.3, -0.25) is 0 Å². The average Bonchev–Trinajstić information content (AvgIpc) is 2.46. The molecule has 0 saturated carbocycles. The Labute approximate surface area is 107 Å². The Kier molecular flexibility index (Phi) is 4.26. The highest BCUT2D eigenvalue weighted by atomic mass is 16.1. The average molecular weight is 239 g/mol. The van der Waals surface area contributed by atoms with Gasteiger partial charge in [-0.2, -0.15) is 0 Å². The topological polar surface area (TPSA) is 43.1 Å². The zero-order chi connectivity index (χ0) is 12.8. The summed E-state index contributed by atoms with van der Waals surface area (Å²) in [6.45, 7) is 0.546. The van der Waals surface area contributed by atoms with Crippen molar-refractivity contribution in [2.45, 2.75) is 18.9 Å². The Balaban J connectivity index is 2.32. The second-order valence-corrected chi connectivity index (χ2v) is 4.31. The van der Waals surface area contributed by atoms with Gasteiger partial charge >= 0.3 is 0 Å². The first-order valence-electron chi connectivity index (χ1n) is 6.12. The van der Waals surface area contributed by atoms with Crippen LogP contribution >= 0.6 is 0 Å². The van der Waals surface area contributed by atoms with Gasteiger partial charge in [0.05, 0.1) is 0 Å². The maximum Gasteiger partial charge on any atom is 0.120 e. The molecule has 1 unspecified atom stereocenters. The van der Waals surface area contributed by atoms with Crippen molar-refractivity contribution in [1.29, 1.82) is 0 Å². The number of hydrogen-bond acceptors (Lipinski definition) is 2. The lowest BCUT2D eigenvalue weighted by molar-refractivity contribution is -0.108. The first kappa shape index (κ1) is 12.5. The van der Waals surface area contributed by atoms with Crippen LogP contribution in [0.25, 0.3) is 0 Å². The molecule has 2 aromatic carbocycles. The van der Waals surface area contributed by atoms with Crippen LogP contribution in [-0.4, -0.2) is 6.29 Å². The highest BCUT2D eigenvalue weighted by Gasteiger charge is 2.13. The van der Waals surface area contributed by atoms with Crippen molar-refractivity contribution < 1.29 is 4.79 Å². The number of hydrogen-bond donors (Lipinski definition) is 1. The molecule has 1 atom stereocenters. The summed E-state index contributed by atoms with van der Waals surface area (Å²) in [6.07, 6.45) is 1.49. The van der Waals surface area contributed by atoms with Crippen molar-refractivity contribution in [2.24, 2.45) is 5.73 Å². The Bertz CT molecular complexity index is 490. The summed E-state index contributed by atoms with van der Waals surface area (Å²) in [6, 6.07) is 18.3. The van der Waals surface area contributed by atoms with Gasteiger partial charge in [-0.25, -0.2) is 0 Å². The predicted molar refractivity (Wildman–Crippen MR) is 73.3 cm³/mol. The second-order valence-electron chi connectivity index (χ2n) is 4.31. The van der Waals surface area contributed by atoms with E-state index < -0.39 is 0 Å². The van der Waals surface area contributed by atoms with Crippen LogP contribution < -0.4 is 5.73 Å². The van der Waals surface area contributed by atoms with Crippen molar-refractivity contribution in [3.63, 3.8) is 0 Å². The minimum atomic E-state index is 0.135. The Morgan fingerprint density at radius 1 is 0.944 bits per heavy atom. The van der Waals surface area contributed by atoms with Crippen LogP contribution in [0.1, 0.15) is 29.0 Å². The fraction of sp³-hybridized carbons (Fsp3) is 0.188. The molecule has 0 aliphatic heterocycles. The lowest BCUT2D eigenvalue weighted by Gasteiger charge is -2.15. The lowest BCUT2D eigenvalue weighted by atomic mass is 9.88. The number of aldehydes is 1. The first-order valence-corrected chi connectivity index (χ1v) is 6.12. The van der Waals surface area contributed by atoms with Crippen molar-refractivity contribution in [3.8, 4) is 0 Å².